The number of hydrogen-bond acceptors (Lipinski definition) is 4. The third-order valence-corrected chi connectivity index (χ3v) is 5.18. The number of nitrogens with zero attached hydrogens (tertiary/aromatic N) is 2. The Morgan fingerprint density at radius 2 is 2.22 bits per heavy atom. The van der Waals surface area contributed by atoms with E-state index in [0.29, 0.717) is 11.2 Å². The maximum Gasteiger partial charge on any atom is 0.228 e. The fraction of sp³-hybridized carbons (Fsp3) is 0.667. The molecule has 0 spiro atoms. The highest BCUT2D eigenvalue weighted by molar-refractivity contribution is 5.91. The Bertz CT molecular complexity index is 528. The van der Waals surface area contributed by atoms with Gasteiger partial charge in [0.25, 0.3) is 0 Å². The normalized spacial score (nSPS) is 26.3. The van der Waals surface area contributed by atoms with Gasteiger partial charge in [0.2, 0.25) is 5.91 Å². The van der Waals surface area contributed by atoms with Gasteiger partial charge in [-0.3, -0.25) is 4.79 Å². The zero-order chi connectivity index (χ0) is 16.3. The number of aromatic nitrogens is 1. The van der Waals surface area contributed by atoms with Crippen LogP contribution in [0, 0.1) is 18.3 Å². The third-order valence-electron chi connectivity index (χ3n) is 5.18. The minimum Gasteiger partial charge on any atom is -0.316 e. The summed E-state index contributed by atoms with van der Waals surface area (Å²) in [5, 5.41) is 6.42. The first-order valence-corrected chi connectivity index (χ1v) is 8.71. The van der Waals surface area contributed by atoms with Gasteiger partial charge in [-0.15, -0.1) is 0 Å². The number of likely N-dealkylation sites (tertiary alicyclic amines) is 1. The van der Waals surface area contributed by atoms with Crippen LogP contribution >= 0.6 is 0 Å². The molecule has 126 valence electrons. The van der Waals surface area contributed by atoms with Crippen LogP contribution in [0.25, 0.3) is 0 Å². The van der Waals surface area contributed by atoms with E-state index < -0.39 is 0 Å². The van der Waals surface area contributed by atoms with Gasteiger partial charge in [-0.05, 0) is 62.9 Å². The number of anilines is 1. The number of carbonyl (C=O) groups excluding carboxylic acids is 1. The van der Waals surface area contributed by atoms with E-state index in [4.69, 9.17) is 0 Å². The first kappa shape index (κ1) is 16.4. The predicted molar refractivity (Wildman–Crippen MR) is 92.4 cm³/mol. The van der Waals surface area contributed by atoms with E-state index in [2.05, 4.69) is 27.4 Å². The van der Waals surface area contributed by atoms with Crippen molar-refractivity contribution >= 4 is 11.7 Å². The highest BCUT2D eigenvalue weighted by atomic mass is 16.1. The van der Waals surface area contributed by atoms with Crippen LogP contribution in [0.4, 0.5) is 5.82 Å². The minimum atomic E-state index is 0.115. The second-order valence-electron chi connectivity index (χ2n) is 7.50. The summed E-state index contributed by atoms with van der Waals surface area (Å²) in [6.45, 7) is 9.81. The van der Waals surface area contributed by atoms with Crippen LogP contribution in [-0.4, -0.2) is 48.5 Å². The lowest BCUT2D eigenvalue weighted by atomic mass is 9.87. The molecule has 1 aromatic heterocycles. The van der Waals surface area contributed by atoms with Crippen LogP contribution < -0.4 is 10.6 Å². The number of aryl methyl sites for hydroxylation is 1. The molecular formula is C18H28N4O. The van der Waals surface area contributed by atoms with Gasteiger partial charge in [-0.25, -0.2) is 4.98 Å². The lowest BCUT2D eigenvalue weighted by Crippen LogP contribution is -2.43. The van der Waals surface area contributed by atoms with Crippen molar-refractivity contribution in [1.29, 1.82) is 0 Å². The van der Waals surface area contributed by atoms with E-state index >= 15 is 0 Å². The van der Waals surface area contributed by atoms with E-state index in [1.165, 1.54) is 6.42 Å². The average Bonchev–Trinajstić information content (AvgIpc) is 2.96. The summed E-state index contributed by atoms with van der Waals surface area (Å²) in [6, 6.07) is 3.85. The van der Waals surface area contributed by atoms with E-state index in [-0.39, 0.29) is 11.8 Å². The highest BCUT2D eigenvalue weighted by Gasteiger charge is 2.33. The molecule has 0 radical (unpaired) electrons. The Kier molecular flexibility index (Phi) is 4.97. The molecule has 1 unspecified atom stereocenters. The van der Waals surface area contributed by atoms with Crippen molar-refractivity contribution < 1.29 is 4.79 Å². The molecule has 2 saturated heterocycles. The van der Waals surface area contributed by atoms with Gasteiger partial charge in [0.15, 0.2) is 0 Å². The van der Waals surface area contributed by atoms with E-state index in [0.717, 1.165) is 51.1 Å². The molecule has 2 N–H and O–H groups in total. The summed E-state index contributed by atoms with van der Waals surface area (Å²) in [4.78, 5) is 19.2. The molecule has 0 saturated carbocycles. The summed E-state index contributed by atoms with van der Waals surface area (Å²) in [5.74, 6) is 0.895. The summed E-state index contributed by atoms with van der Waals surface area (Å²) < 4.78 is 0. The van der Waals surface area contributed by atoms with Crippen LogP contribution in [0.1, 0.15) is 31.7 Å². The lowest BCUT2D eigenvalue weighted by molar-refractivity contribution is -0.121. The summed E-state index contributed by atoms with van der Waals surface area (Å²) in [7, 11) is 0. The molecule has 3 rings (SSSR count). The number of hydrogen-bond donors (Lipinski definition) is 2. The molecule has 1 amide bonds. The molecule has 2 aliphatic rings. The number of pyridine rings is 1. The zero-order valence-electron chi connectivity index (χ0n) is 14.3. The molecule has 2 aliphatic heterocycles. The topological polar surface area (TPSA) is 57.3 Å². The van der Waals surface area contributed by atoms with Crippen molar-refractivity contribution in [2.45, 2.75) is 33.1 Å². The number of piperidine rings is 1. The molecular weight excluding hydrogens is 288 g/mol. The molecule has 5 nitrogen and oxygen atoms in total. The molecule has 1 atom stereocenters. The maximum absolute atomic E-state index is 12.4. The SMILES string of the molecule is Cc1ccc(NC(=O)C2CCN(CC3(C)CCNC3)CC2)nc1. The Hall–Kier alpha value is -1.46. The van der Waals surface area contributed by atoms with Gasteiger partial charge < -0.3 is 15.5 Å². The number of amides is 1. The Morgan fingerprint density at radius 1 is 1.43 bits per heavy atom. The second-order valence-corrected chi connectivity index (χ2v) is 7.50. The van der Waals surface area contributed by atoms with Gasteiger partial charge in [0, 0.05) is 25.2 Å². The summed E-state index contributed by atoms with van der Waals surface area (Å²) >= 11 is 0. The quantitative estimate of drug-likeness (QED) is 0.892. The molecule has 2 fully saturated rings. The van der Waals surface area contributed by atoms with Crippen LogP contribution in [0.15, 0.2) is 18.3 Å². The van der Waals surface area contributed by atoms with Crippen molar-refractivity contribution in [3.05, 3.63) is 23.9 Å². The average molecular weight is 316 g/mol. The van der Waals surface area contributed by atoms with Crippen LogP contribution in [-0.2, 0) is 4.79 Å². The molecule has 3 heterocycles. The van der Waals surface area contributed by atoms with E-state index in [1.54, 1.807) is 6.20 Å². The Labute approximate surface area is 138 Å². The monoisotopic (exact) mass is 316 g/mol. The van der Waals surface area contributed by atoms with E-state index in [1.807, 2.05) is 19.1 Å². The summed E-state index contributed by atoms with van der Waals surface area (Å²) in [6.07, 6.45) is 4.93. The molecule has 5 heteroatoms. The van der Waals surface area contributed by atoms with Gasteiger partial charge in [-0.2, -0.15) is 0 Å². The van der Waals surface area contributed by atoms with Crippen molar-refractivity contribution in [2.24, 2.45) is 11.3 Å². The fourth-order valence-corrected chi connectivity index (χ4v) is 3.67. The smallest absolute Gasteiger partial charge is 0.228 e. The Balaban J connectivity index is 1.46. The van der Waals surface area contributed by atoms with Gasteiger partial charge >= 0.3 is 0 Å². The van der Waals surface area contributed by atoms with Crippen molar-refractivity contribution in [3.8, 4) is 0 Å². The molecule has 0 aromatic carbocycles. The van der Waals surface area contributed by atoms with Crippen LogP contribution in [0.5, 0.6) is 0 Å². The number of carbonyl (C=O) groups is 1. The first-order chi connectivity index (χ1) is 11.0. The molecule has 0 aliphatic carbocycles. The van der Waals surface area contributed by atoms with Gasteiger partial charge in [-0.1, -0.05) is 13.0 Å². The lowest BCUT2D eigenvalue weighted by Gasteiger charge is -2.36. The molecule has 0 bridgehead atoms. The fourth-order valence-electron chi connectivity index (χ4n) is 3.67. The van der Waals surface area contributed by atoms with E-state index in [9.17, 15) is 4.79 Å². The maximum atomic E-state index is 12.4. The zero-order valence-corrected chi connectivity index (χ0v) is 14.3. The van der Waals surface area contributed by atoms with Crippen LogP contribution in [0.2, 0.25) is 0 Å². The highest BCUT2D eigenvalue weighted by Crippen LogP contribution is 2.28. The van der Waals surface area contributed by atoms with Gasteiger partial charge in [0.05, 0.1) is 0 Å². The van der Waals surface area contributed by atoms with Crippen molar-refractivity contribution in [2.75, 3.05) is 38.0 Å². The molecule has 23 heavy (non-hydrogen) atoms. The standard InChI is InChI=1S/C18H28N4O/c1-14-3-4-16(20-11-14)21-17(23)15-5-9-22(10-6-15)13-18(2)7-8-19-12-18/h3-4,11,15,19H,5-10,12-13H2,1-2H3,(H,20,21,23). The minimum absolute atomic E-state index is 0.115. The van der Waals surface area contributed by atoms with Crippen LogP contribution in [0.3, 0.4) is 0 Å². The Morgan fingerprint density at radius 3 is 2.83 bits per heavy atom. The van der Waals surface area contributed by atoms with Crippen molar-refractivity contribution in [3.63, 3.8) is 0 Å². The largest absolute Gasteiger partial charge is 0.316 e. The van der Waals surface area contributed by atoms with Gasteiger partial charge in [0.1, 0.15) is 5.82 Å². The van der Waals surface area contributed by atoms with Crippen molar-refractivity contribution in [1.82, 2.24) is 15.2 Å². The number of nitrogens with one attached hydrogen (secondary N) is 2. The second kappa shape index (κ2) is 6.97. The third kappa shape index (κ3) is 4.30. The summed E-state index contributed by atoms with van der Waals surface area (Å²) in [5.41, 5.74) is 1.51. The predicted octanol–water partition coefficient (Wildman–Crippen LogP) is 2.04. The first-order valence-electron chi connectivity index (χ1n) is 8.71. The molecule has 1 aromatic rings. The number of rotatable bonds is 4.